The molecule has 132 valence electrons. The van der Waals surface area contributed by atoms with Crippen molar-refractivity contribution in [1.29, 1.82) is 0 Å². The Balaban J connectivity index is 1.50. The summed E-state index contributed by atoms with van der Waals surface area (Å²) in [5.41, 5.74) is 0. The van der Waals surface area contributed by atoms with Crippen molar-refractivity contribution in [3.63, 3.8) is 0 Å². The number of rotatable bonds is 2. The molecule has 4 nitrogen and oxygen atoms in total. The number of piperazine rings is 1. The summed E-state index contributed by atoms with van der Waals surface area (Å²) in [6, 6.07) is 0.552. The van der Waals surface area contributed by atoms with Crippen LogP contribution in [-0.2, 0) is 4.79 Å². The van der Waals surface area contributed by atoms with E-state index in [2.05, 4.69) is 10.2 Å². The van der Waals surface area contributed by atoms with Crippen molar-refractivity contribution in [1.82, 2.24) is 15.1 Å². The van der Waals surface area contributed by atoms with E-state index in [1.807, 2.05) is 0 Å². The van der Waals surface area contributed by atoms with Crippen LogP contribution in [0.25, 0.3) is 0 Å². The molecule has 1 amide bonds. The van der Waals surface area contributed by atoms with Gasteiger partial charge in [-0.05, 0) is 32.2 Å². The quantitative estimate of drug-likeness (QED) is 0.838. The molecule has 3 aliphatic rings. The van der Waals surface area contributed by atoms with Crippen molar-refractivity contribution in [2.75, 3.05) is 39.3 Å². The Morgan fingerprint density at radius 2 is 1.78 bits per heavy atom. The molecule has 0 spiro atoms. The highest BCUT2D eigenvalue weighted by atomic mass is 19.4. The number of halogens is 3. The average molecular weight is 333 g/mol. The first kappa shape index (κ1) is 17.0. The molecule has 0 aromatic carbocycles. The number of amides is 1. The standard InChI is InChI=1S/C16H26F3N3O/c17-16(18,19)13-3-1-2-12(10-13)15(23)22-8-6-21(7-9-22)14-4-5-20-11-14/h12-14,20H,1-11H2. The van der Waals surface area contributed by atoms with E-state index in [-0.39, 0.29) is 18.7 Å². The van der Waals surface area contributed by atoms with Gasteiger partial charge >= 0.3 is 6.18 Å². The van der Waals surface area contributed by atoms with E-state index >= 15 is 0 Å². The Morgan fingerprint density at radius 3 is 2.39 bits per heavy atom. The summed E-state index contributed by atoms with van der Waals surface area (Å²) < 4.78 is 38.7. The van der Waals surface area contributed by atoms with Crippen molar-refractivity contribution in [3.8, 4) is 0 Å². The molecule has 0 bridgehead atoms. The first-order valence-electron chi connectivity index (χ1n) is 8.75. The zero-order valence-corrected chi connectivity index (χ0v) is 13.4. The monoisotopic (exact) mass is 333 g/mol. The van der Waals surface area contributed by atoms with Crippen LogP contribution in [0.2, 0.25) is 0 Å². The largest absolute Gasteiger partial charge is 0.391 e. The van der Waals surface area contributed by atoms with E-state index in [1.54, 1.807) is 4.90 Å². The molecule has 0 radical (unpaired) electrons. The van der Waals surface area contributed by atoms with Gasteiger partial charge in [0, 0.05) is 44.7 Å². The number of hydrogen-bond donors (Lipinski definition) is 1. The zero-order valence-electron chi connectivity index (χ0n) is 13.4. The highest BCUT2D eigenvalue weighted by Gasteiger charge is 2.44. The fourth-order valence-electron chi connectivity index (χ4n) is 4.23. The van der Waals surface area contributed by atoms with Crippen LogP contribution < -0.4 is 5.32 Å². The number of hydrogen-bond acceptors (Lipinski definition) is 3. The van der Waals surface area contributed by atoms with E-state index in [9.17, 15) is 18.0 Å². The minimum absolute atomic E-state index is 0.0188. The van der Waals surface area contributed by atoms with Crippen LogP contribution >= 0.6 is 0 Å². The van der Waals surface area contributed by atoms with E-state index in [4.69, 9.17) is 0 Å². The summed E-state index contributed by atoms with van der Waals surface area (Å²) in [6.45, 7) is 5.04. The highest BCUT2D eigenvalue weighted by Crippen LogP contribution is 2.40. The maximum absolute atomic E-state index is 12.9. The van der Waals surface area contributed by atoms with Gasteiger partial charge in [-0.2, -0.15) is 13.2 Å². The van der Waals surface area contributed by atoms with Crippen molar-refractivity contribution in [2.24, 2.45) is 11.8 Å². The smallest absolute Gasteiger partial charge is 0.340 e. The van der Waals surface area contributed by atoms with Crippen LogP contribution in [0.3, 0.4) is 0 Å². The summed E-state index contributed by atoms with van der Waals surface area (Å²) in [4.78, 5) is 16.8. The lowest BCUT2D eigenvalue weighted by molar-refractivity contribution is -0.187. The van der Waals surface area contributed by atoms with Gasteiger partial charge in [0.25, 0.3) is 0 Å². The first-order chi connectivity index (χ1) is 10.9. The molecule has 7 heteroatoms. The second-order valence-corrected chi connectivity index (χ2v) is 7.11. The number of alkyl halides is 3. The van der Waals surface area contributed by atoms with E-state index in [0.29, 0.717) is 32.0 Å². The molecule has 1 N–H and O–H groups in total. The van der Waals surface area contributed by atoms with Gasteiger partial charge in [0.15, 0.2) is 0 Å². The maximum Gasteiger partial charge on any atom is 0.391 e. The van der Waals surface area contributed by atoms with Gasteiger partial charge in [-0.15, -0.1) is 0 Å². The van der Waals surface area contributed by atoms with Gasteiger partial charge in [-0.25, -0.2) is 0 Å². The Labute approximate surface area is 135 Å². The molecular formula is C16H26F3N3O. The lowest BCUT2D eigenvalue weighted by Crippen LogP contribution is -2.54. The molecule has 3 unspecified atom stereocenters. The molecule has 2 saturated heterocycles. The third-order valence-electron chi connectivity index (χ3n) is 5.66. The first-order valence-corrected chi connectivity index (χ1v) is 8.75. The molecule has 1 saturated carbocycles. The summed E-state index contributed by atoms with van der Waals surface area (Å²) in [5.74, 6) is -1.78. The van der Waals surface area contributed by atoms with Gasteiger partial charge in [0.1, 0.15) is 0 Å². The molecule has 1 aliphatic carbocycles. The van der Waals surface area contributed by atoms with Gasteiger partial charge in [0.2, 0.25) is 5.91 Å². The van der Waals surface area contributed by atoms with E-state index < -0.39 is 18.0 Å². The predicted octanol–water partition coefficient (Wildman–Crippen LogP) is 1.86. The SMILES string of the molecule is O=C(C1CCCC(C(F)(F)F)C1)N1CCN(C2CCNC2)CC1. The number of carbonyl (C=O) groups is 1. The Morgan fingerprint density at radius 1 is 1.04 bits per heavy atom. The number of nitrogens with one attached hydrogen (secondary N) is 1. The van der Waals surface area contributed by atoms with Crippen LogP contribution in [0.1, 0.15) is 32.1 Å². The second kappa shape index (κ2) is 6.97. The average Bonchev–Trinajstić information content (AvgIpc) is 3.08. The molecule has 0 aromatic heterocycles. The molecular weight excluding hydrogens is 307 g/mol. The molecule has 3 atom stereocenters. The normalized spacial score (nSPS) is 33.9. The van der Waals surface area contributed by atoms with Gasteiger partial charge in [-0.3, -0.25) is 9.69 Å². The fraction of sp³-hybridized carbons (Fsp3) is 0.938. The number of nitrogens with zero attached hydrogens (tertiary/aromatic N) is 2. The molecule has 23 heavy (non-hydrogen) atoms. The minimum atomic E-state index is -4.16. The highest BCUT2D eigenvalue weighted by molar-refractivity contribution is 5.79. The summed E-state index contributed by atoms with van der Waals surface area (Å²) in [7, 11) is 0. The van der Waals surface area contributed by atoms with Crippen molar-refractivity contribution >= 4 is 5.91 Å². The Kier molecular flexibility index (Phi) is 5.16. The molecule has 2 heterocycles. The minimum Gasteiger partial charge on any atom is -0.340 e. The van der Waals surface area contributed by atoms with E-state index in [1.165, 1.54) is 0 Å². The molecule has 0 aromatic rings. The van der Waals surface area contributed by atoms with Crippen LogP contribution in [0.5, 0.6) is 0 Å². The fourth-order valence-corrected chi connectivity index (χ4v) is 4.23. The van der Waals surface area contributed by atoms with Crippen LogP contribution in [0, 0.1) is 11.8 Å². The Hall–Kier alpha value is -0.820. The summed E-state index contributed by atoms with van der Waals surface area (Å²) in [6.07, 6.45) is -1.74. The molecule has 3 rings (SSSR count). The second-order valence-electron chi connectivity index (χ2n) is 7.11. The van der Waals surface area contributed by atoms with Crippen LogP contribution in [-0.4, -0.2) is 67.2 Å². The summed E-state index contributed by atoms with van der Waals surface area (Å²) in [5, 5.41) is 3.35. The Bertz CT molecular complexity index is 415. The van der Waals surface area contributed by atoms with Gasteiger partial charge in [-0.1, -0.05) is 6.42 Å². The molecule has 3 fully saturated rings. The third-order valence-corrected chi connectivity index (χ3v) is 5.66. The lowest BCUT2D eigenvalue weighted by atomic mass is 9.80. The number of carbonyl (C=O) groups excluding carboxylic acids is 1. The van der Waals surface area contributed by atoms with E-state index in [0.717, 1.165) is 32.6 Å². The van der Waals surface area contributed by atoms with Gasteiger partial charge in [0.05, 0.1) is 5.92 Å². The van der Waals surface area contributed by atoms with Crippen LogP contribution in [0.15, 0.2) is 0 Å². The maximum atomic E-state index is 12.9. The van der Waals surface area contributed by atoms with Crippen molar-refractivity contribution in [3.05, 3.63) is 0 Å². The summed E-state index contributed by atoms with van der Waals surface area (Å²) >= 11 is 0. The zero-order chi connectivity index (χ0) is 16.4. The predicted molar refractivity (Wildman–Crippen MR) is 80.9 cm³/mol. The van der Waals surface area contributed by atoms with Crippen molar-refractivity contribution < 1.29 is 18.0 Å². The topological polar surface area (TPSA) is 35.6 Å². The van der Waals surface area contributed by atoms with Gasteiger partial charge < -0.3 is 10.2 Å². The molecule has 2 aliphatic heterocycles. The third kappa shape index (κ3) is 3.99. The van der Waals surface area contributed by atoms with Crippen LogP contribution in [0.4, 0.5) is 13.2 Å². The van der Waals surface area contributed by atoms with Crippen molar-refractivity contribution in [2.45, 2.75) is 44.3 Å². The lowest BCUT2D eigenvalue weighted by Gasteiger charge is -2.40.